The molecule has 1 aromatic carbocycles. The van der Waals surface area contributed by atoms with Crippen LogP contribution in [0.25, 0.3) is 10.9 Å². The molecule has 0 spiro atoms. The van der Waals surface area contributed by atoms with Gasteiger partial charge in [-0.05, 0) is 13.0 Å². The van der Waals surface area contributed by atoms with Crippen LogP contribution in [0.4, 0.5) is 4.39 Å². The van der Waals surface area contributed by atoms with Crippen LogP contribution in [0.15, 0.2) is 29.2 Å². The summed E-state index contributed by atoms with van der Waals surface area (Å²) in [5.74, 6) is 0. The maximum atomic E-state index is 12.5. The minimum atomic E-state index is -3.83. The van der Waals surface area contributed by atoms with Gasteiger partial charge in [-0.25, -0.2) is 12.8 Å². The number of aromatic nitrogens is 1. The van der Waals surface area contributed by atoms with Gasteiger partial charge in [0.05, 0.1) is 6.54 Å². The van der Waals surface area contributed by atoms with E-state index >= 15 is 0 Å². The molecular formula is C11H11ClFNO2S. The molecule has 0 aliphatic carbocycles. The Morgan fingerprint density at radius 3 is 2.59 bits per heavy atom. The van der Waals surface area contributed by atoms with Crippen LogP contribution in [0, 0.1) is 6.92 Å². The summed E-state index contributed by atoms with van der Waals surface area (Å²) in [4.78, 5) is 0.0724. The average Bonchev–Trinajstić information content (AvgIpc) is 2.52. The standard InChI is InChI=1S/C11H11ClFNO2S/c1-8-11(17(12,15)16)9-4-2-3-5-10(9)14(8)7-6-13/h2-5H,6-7H2,1H3. The summed E-state index contributed by atoms with van der Waals surface area (Å²) in [7, 11) is 1.59. The van der Waals surface area contributed by atoms with Crippen LogP contribution < -0.4 is 0 Å². The van der Waals surface area contributed by atoms with Gasteiger partial charge in [-0.3, -0.25) is 0 Å². The van der Waals surface area contributed by atoms with E-state index in [4.69, 9.17) is 10.7 Å². The van der Waals surface area contributed by atoms with Gasteiger partial charge in [-0.15, -0.1) is 0 Å². The van der Waals surface area contributed by atoms with Gasteiger partial charge >= 0.3 is 0 Å². The zero-order valence-electron chi connectivity index (χ0n) is 9.15. The molecule has 1 aromatic heterocycles. The van der Waals surface area contributed by atoms with Gasteiger partial charge in [0.15, 0.2) is 0 Å². The summed E-state index contributed by atoms with van der Waals surface area (Å²) in [5.41, 5.74) is 1.15. The molecule has 0 N–H and O–H groups in total. The Hall–Kier alpha value is -1.07. The zero-order chi connectivity index (χ0) is 12.6. The molecule has 1 heterocycles. The summed E-state index contributed by atoms with van der Waals surface area (Å²) >= 11 is 0. The van der Waals surface area contributed by atoms with Crippen LogP contribution in [-0.2, 0) is 15.6 Å². The van der Waals surface area contributed by atoms with Gasteiger partial charge in [0, 0.05) is 27.3 Å². The van der Waals surface area contributed by atoms with Crippen molar-refractivity contribution in [1.82, 2.24) is 4.57 Å². The van der Waals surface area contributed by atoms with E-state index in [1.165, 1.54) is 0 Å². The molecule has 0 aliphatic rings. The van der Waals surface area contributed by atoms with Crippen LogP contribution >= 0.6 is 10.7 Å². The summed E-state index contributed by atoms with van der Waals surface area (Å²) in [6.45, 7) is 1.20. The minimum absolute atomic E-state index is 0.0724. The van der Waals surface area contributed by atoms with E-state index in [0.29, 0.717) is 16.6 Å². The first-order valence-electron chi connectivity index (χ1n) is 5.05. The van der Waals surface area contributed by atoms with Crippen molar-refractivity contribution in [3.63, 3.8) is 0 Å². The molecule has 0 fully saturated rings. The number of alkyl halides is 1. The van der Waals surface area contributed by atoms with Gasteiger partial charge < -0.3 is 4.57 Å². The van der Waals surface area contributed by atoms with E-state index < -0.39 is 15.7 Å². The number of nitrogens with zero attached hydrogens (tertiary/aromatic N) is 1. The fourth-order valence-corrected chi connectivity index (χ4v) is 3.56. The first kappa shape index (κ1) is 12.4. The smallest absolute Gasteiger partial charge is 0.263 e. The first-order valence-corrected chi connectivity index (χ1v) is 7.36. The van der Waals surface area contributed by atoms with Crippen molar-refractivity contribution in [2.24, 2.45) is 0 Å². The van der Waals surface area contributed by atoms with Gasteiger partial charge in [0.25, 0.3) is 9.05 Å². The van der Waals surface area contributed by atoms with Crippen LogP contribution in [-0.4, -0.2) is 19.7 Å². The van der Waals surface area contributed by atoms with Crippen molar-refractivity contribution in [1.29, 1.82) is 0 Å². The Bertz CT molecular complexity index is 663. The lowest BCUT2D eigenvalue weighted by molar-refractivity contribution is 0.447. The molecule has 0 radical (unpaired) electrons. The van der Waals surface area contributed by atoms with Crippen LogP contribution in [0.1, 0.15) is 5.69 Å². The first-order chi connectivity index (χ1) is 7.96. The number of hydrogen-bond donors (Lipinski definition) is 0. The number of hydrogen-bond acceptors (Lipinski definition) is 2. The lowest BCUT2D eigenvalue weighted by Crippen LogP contribution is -2.02. The molecule has 0 bridgehead atoms. The van der Waals surface area contributed by atoms with Gasteiger partial charge in [-0.1, -0.05) is 18.2 Å². The second-order valence-corrected chi connectivity index (χ2v) is 6.21. The van der Waals surface area contributed by atoms with Gasteiger partial charge in [0.2, 0.25) is 0 Å². The number of fused-ring (bicyclic) bond motifs is 1. The Labute approximate surface area is 103 Å². The molecule has 0 unspecified atom stereocenters. The lowest BCUT2D eigenvalue weighted by Gasteiger charge is -2.04. The highest BCUT2D eigenvalue weighted by molar-refractivity contribution is 8.14. The Morgan fingerprint density at radius 2 is 2.00 bits per heavy atom. The van der Waals surface area contributed by atoms with Crippen molar-refractivity contribution in [2.45, 2.75) is 18.4 Å². The maximum absolute atomic E-state index is 12.5. The average molecular weight is 276 g/mol. The SMILES string of the molecule is Cc1c(S(=O)(=O)Cl)c2ccccc2n1CCF. The third kappa shape index (κ3) is 2.05. The van der Waals surface area contributed by atoms with E-state index in [1.807, 2.05) is 0 Å². The van der Waals surface area contributed by atoms with Crippen LogP contribution in [0.5, 0.6) is 0 Å². The molecule has 0 saturated heterocycles. The predicted molar refractivity (Wildman–Crippen MR) is 65.7 cm³/mol. The molecular weight excluding hydrogens is 265 g/mol. The Kier molecular flexibility index (Phi) is 3.14. The molecule has 17 heavy (non-hydrogen) atoms. The molecule has 2 rings (SSSR count). The van der Waals surface area contributed by atoms with Crippen molar-refractivity contribution >= 4 is 30.6 Å². The van der Waals surface area contributed by atoms with E-state index in [2.05, 4.69) is 0 Å². The lowest BCUT2D eigenvalue weighted by atomic mass is 10.2. The highest BCUT2D eigenvalue weighted by Crippen LogP contribution is 2.31. The molecule has 2 aromatic rings. The maximum Gasteiger partial charge on any atom is 0.263 e. The number of rotatable bonds is 3. The quantitative estimate of drug-likeness (QED) is 0.808. The van der Waals surface area contributed by atoms with Gasteiger partial charge in [0.1, 0.15) is 11.6 Å². The molecule has 92 valence electrons. The molecule has 6 heteroatoms. The van der Waals surface area contributed by atoms with Crippen molar-refractivity contribution in [2.75, 3.05) is 6.67 Å². The third-order valence-electron chi connectivity index (χ3n) is 2.72. The molecule has 0 aliphatic heterocycles. The van der Waals surface area contributed by atoms with Crippen LogP contribution in [0.3, 0.4) is 0 Å². The van der Waals surface area contributed by atoms with Crippen LogP contribution in [0.2, 0.25) is 0 Å². The fraction of sp³-hybridized carbons (Fsp3) is 0.273. The van der Waals surface area contributed by atoms with Crippen molar-refractivity contribution in [3.05, 3.63) is 30.0 Å². The highest BCUT2D eigenvalue weighted by Gasteiger charge is 2.22. The number of para-hydroxylation sites is 1. The molecule has 0 amide bonds. The second-order valence-electron chi connectivity index (χ2n) is 3.71. The topological polar surface area (TPSA) is 39.1 Å². The summed E-state index contributed by atoms with van der Waals surface area (Å²) in [5, 5.41) is 0.536. The molecule has 0 atom stereocenters. The summed E-state index contributed by atoms with van der Waals surface area (Å²) in [6.07, 6.45) is 0. The molecule has 3 nitrogen and oxygen atoms in total. The third-order valence-corrected chi connectivity index (χ3v) is 4.19. The normalized spacial score (nSPS) is 12.2. The second kappa shape index (κ2) is 4.31. The largest absolute Gasteiger partial charge is 0.341 e. The van der Waals surface area contributed by atoms with Crippen molar-refractivity contribution in [3.8, 4) is 0 Å². The van der Waals surface area contributed by atoms with E-state index in [-0.39, 0.29) is 11.4 Å². The number of halogens is 2. The Balaban J connectivity index is 2.89. The summed E-state index contributed by atoms with van der Waals surface area (Å²) in [6, 6.07) is 6.93. The Morgan fingerprint density at radius 1 is 1.35 bits per heavy atom. The number of benzene rings is 1. The summed E-state index contributed by atoms with van der Waals surface area (Å²) < 4.78 is 37.2. The monoisotopic (exact) mass is 275 g/mol. The highest BCUT2D eigenvalue weighted by atomic mass is 35.7. The van der Waals surface area contributed by atoms with Gasteiger partial charge in [-0.2, -0.15) is 0 Å². The zero-order valence-corrected chi connectivity index (χ0v) is 10.7. The number of aryl methyl sites for hydroxylation is 1. The molecule has 0 saturated carbocycles. The van der Waals surface area contributed by atoms with Crippen molar-refractivity contribution < 1.29 is 12.8 Å². The minimum Gasteiger partial charge on any atom is -0.341 e. The van der Waals surface area contributed by atoms with E-state index in [1.54, 1.807) is 35.8 Å². The predicted octanol–water partition coefficient (Wildman–Crippen LogP) is 2.85. The van der Waals surface area contributed by atoms with E-state index in [9.17, 15) is 12.8 Å². The van der Waals surface area contributed by atoms with E-state index in [0.717, 1.165) is 0 Å². The fourth-order valence-electron chi connectivity index (χ4n) is 2.08.